The van der Waals surface area contributed by atoms with Crippen molar-refractivity contribution >= 4 is 79.3 Å². The van der Waals surface area contributed by atoms with E-state index in [-0.39, 0.29) is 12.1 Å². The van der Waals surface area contributed by atoms with Crippen LogP contribution in [0.3, 0.4) is 0 Å². The molecule has 9 rings (SSSR count). The van der Waals surface area contributed by atoms with E-state index in [0.717, 1.165) is 44.8 Å². The Bertz CT molecular complexity index is 2230. The summed E-state index contributed by atoms with van der Waals surface area (Å²) in [6.07, 6.45) is 1.91. The maximum Gasteiger partial charge on any atom is 0.254 e. The summed E-state index contributed by atoms with van der Waals surface area (Å²) in [5.41, 5.74) is 12.4. The van der Waals surface area contributed by atoms with Crippen LogP contribution in [0.25, 0.3) is 21.9 Å². The molecule has 4 nitrogen and oxygen atoms in total. The zero-order valence-electron chi connectivity index (χ0n) is 25.0. The van der Waals surface area contributed by atoms with Crippen LogP contribution in [0, 0.1) is 0 Å². The largest absolute Gasteiger partial charge is 0.454 e. The standard InChI is InChI=1S/C39H30BN3O/c1-39(2,3)25-23-32-35-33(24-25)43(27-15-8-5-9-16-27)38-31(18-12-22-41-38)40(35)30-21-20-29-28-17-10-11-19-34(28)44-37(29)36(30)42(32)26-13-6-4-7-14-26/h4-24H,1-3H3. The molecule has 0 atom stereocenters. The van der Waals surface area contributed by atoms with Crippen molar-refractivity contribution < 1.29 is 4.42 Å². The normalized spacial score (nSPS) is 13.7. The smallest absolute Gasteiger partial charge is 0.254 e. The van der Waals surface area contributed by atoms with Crippen LogP contribution in [0.1, 0.15) is 26.3 Å². The fraction of sp³-hybridized carbons (Fsp3) is 0.103. The molecule has 44 heavy (non-hydrogen) atoms. The molecule has 0 fully saturated rings. The van der Waals surface area contributed by atoms with Crippen LogP contribution in [0.15, 0.2) is 132 Å². The number of aromatic nitrogens is 1. The Morgan fingerprint density at radius 3 is 2.02 bits per heavy atom. The topological polar surface area (TPSA) is 32.5 Å². The zero-order valence-corrected chi connectivity index (χ0v) is 25.0. The molecule has 2 aliphatic heterocycles. The van der Waals surface area contributed by atoms with Gasteiger partial charge in [0.1, 0.15) is 11.4 Å². The Balaban J connectivity index is 1.46. The monoisotopic (exact) mass is 567 g/mol. The van der Waals surface area contributed by atoms with E-state index in [1.54, 1.807) is 0 Å². The summed E-state index contributed by atoms with van der Waals surface area (Å²) >= 11 is 0. The van der Waals surface area contributed by atoms with E-state index >= 15 is 0 Å². The van der Waals surface area contributed by atoms with Crippen molar-refractivity contribution in [3.8, 4) is 0 Å². The molecule has 0 N–H and O–H groups in total. The minimum Gasteiger partial charge on any atom is -0.454 e. The third-order valence-electron chi connectivity index (χ3n) is 9.23. The average Bonchev–Trinajstić information content (AvgIpc) is 3.44. The van der Waals surface area contributed by atoms with Crippen LogP contribution in [-0.4, -0.2) is 11.7 Å². The van der Waals surface area contributed by atoms with Gasteiger partial charge in [-0.3, -0.25) is 4.90 Å². The predicted molar refractivity (Wildman–Crippen MR) is 184 cm³/mol. The average molecular weight is 568 g/mol. The van der Waals surface area contributed by atoms with Gasteiger partial charge in [0, 0.05) is 39.7 Å². The molecule has 0 unspecified atom stereocenters. The van der Waals surface area contributed by atoms with Crippen molar-refractivity contribution in [3.63, 3.8) is 0 Å². The Kier molecular flexibility index (Phi) is 5.22. The molecular weight excluding hydrogens is 537 g/mol. The quantitative estimate of drug-likeness (QED) is 0.197. The van der Waals surface area contributed by atoms with Crippen molar-refractivity contribution in [2.24, 2.45) is 0 Å². The molecule has 0 bridgehead atoms. The highest BCUT2D eigenvalue weighted by molar-refractivity contribution is 7.00. The van der Waals surface area contributed by atoms with E-state index in [4.69, 9.17) is 9.40 Å². The summed E-state index contributed by atoms with van der Waals surface area (Å²) in [7, 11) is 0. The lowest BCUT2D eigenvalue weighted by Gasteiger charge is -2.44. The summed E-state index contributed by atoms with van der Waals surface area (Å²) in [5.74, 6) is 0.969. The molecular formula is C39H30BN3O. The molecule has 2 aliphatic rings. The van der Waals surface area contributed by atoms with Crippen molar-refractivity contribution in [3.05, 3.63) is 133 Å². The first-order valence-electron chi connectivity index (χ1n) is 15.3. The first kappa shape index (κ1) is 25.2. The molecule has 7 aromatic rings. The van der Waals surface area contributed by atoms with Crippen molar-refractivity contribution in [2.75, 3.05) is 9.80 Å². The Labute approximate surface area is 257 Å². The van der Waals surface area contributed by atoms with Gasteiger partial charge < -0.3 is 9.32 Å². The molecule has 0 saturated heterocycles. The minimum absolute atomic E-state index is 0.00902. The third-order valence-corrected chi connectivity index (χ3v) is 9.23. The molecule has 0 aliphatic carbocycles. The molecule has 0 radical (unpaired) electrons. The van der Waals surface area contributed by atoms with Crippen LogP contribution in [0.2, 0.25) is 0 Å². The summed E-state index contributed by atoms with van der Waals surface area (Å²) in [5, 5.41) is 2.26. The molecule has 0 saturated carbocycles. The Hall–Kier alpha value is -5.29. The SMILES string of the molecule is CC(C)(C)c1cc2c3c(c1)N(c1ccccc1)c1c(ccc4c1oc1ccccc14)B3c1cccnc1N2c1ccccc1. The lowest BCUT2D eigenvalue weighted by Crippen LogP contribution is -2.61. The molecule has 0 spiro atoms. The van der Waals surface area contributed by atoms with Crippen LogP contribution in [0.4, 0.5) is 34.3 Å². The van der Waals surface area contributed by atoms with Gasteiger partial charge in [0.25, 0.3) is 6.71 Å². The summed E-state index contributed by atoms with van der Waals surface area (Å²) in [4.78, 5) is 9.85. The summed E-state index contributed by atoms with van der Waals surface area (Å²) < 4.78 is 6.77. The van der Waals surface area contributed by atoms with E-state index in [0.29, 0.717) is 0 Å². The van der Waals surface area contributed by atoms with Crippen LogP contribution in [-0.2, 0) is 5.41 Å². The number of para-hydroxylation sites is 3. The molecule has 5 aromatic carbocycles. The number of rotatable bonds is 2. The number of benzene rings is 5. The lowest BCUT2D eigenvalue weighted by molar-refractivity contribution is 0.590. The maximum atomic E-state index is 6.77. The van der Waals surface area contributed by atoms with Gasteiger partial charge in [-0.25, -0.2) is 4.98 Å². The van der Waals surface area contributed by atoms with E-state index in [1.807, 2.05) is 12.3 Å². The lowest BCUT2D eigenvalue weighted by atomic mass is 9.33. The highest BCUT2D eigenvalue weighted by Crippen LogP contribution is 2.48. The van der Waals surface area contributed by atoms with Gasteiger partial charge in [-0.15, -0.1) is 0 Å². The predicted octanol–water partition coefficient (Wildman–Crippen LogP) is 8.36. The number of hydrogen-bond donors (Lipinski definition) is 0. The number of anilines is 6. The van der Waals surface area contributed by atoms with Crippen LogP contribution in [0.5, 0.6) is 0 Å². The molecule has 5 heteroatoms. The second kappa shape index (κ2) is 9.11. The van der Waals surface area contributed by atoms with Gasteiger partial charge in [-0.2, -0.15) is 0 Å². The van der Waals surface area contributed by atoms with Gasteiger partial charge in [0.2, 0.25) is 0 Å². The molecule has 2 aromatic heterocycles. The van der Waals surface area contributed by atoms with Gasteiger partial charge in [-0.05, 0) is 75.9 Å². The second-order valence-corrected chi connectivity index (χ2v) is 12.8. The number of nitrogens with zero attached hydrogens (tertiary/aromatic N) is 3. The molecule has 210 valence electrons. The molecule has 4 heterocycles. The van der Waals surface area contributed by atoms with Crippen LogP contribution >= 0.6 is 0 Å². The summed E-state index contributed by atoms with van der Waals surface area (Å²) in [6.45, 7) is 6.87. The van der Waals surface area contributed by atoms with Gasteiger partial charge in [0.05, 0.1) is 5.69 Å². The van der Waals surface area contributed by atoms with Crippen molar-refractivity contribution in [1.82, 2.24) is 4.98 Å². The number of fused-ring (bicyclic) bond motifs is 8. The van der Waals surface area contributed by atoms with E-state index in [1.165, 1.54) is 33.3 Å². The van der Waals surface area contributed by atoms with Crippen LogP contribution < -0.4 is 26.2 Å². The van der Waals surface area contributed by atoms with Gasteiger partial charge in [-0.1, -0.05) is 93.6 Å². The fourth-order valence-corrected chi connectivity index (χ4v) is 7.19. The highest BCUT2D eigenvalue weighted by atomic mass is 16.3. The first-order chi connectivity index (χ1) is 21.5. The fourth-order valence-electron chi connectivity index (χ4n) is 7.19. The number of furan rings is 1. The Morgan fingerprint density at radius 2 is 1.30 bits per heavy atom. The number of pyridine rings is 1. The molecule has 0 amide bonds. The first-order valence-corrected chi connectivity index (χ1v) is 15.3. The highest BCUT2D eigenvalue weighted by Gasteiger charge is 2.45. The van der Waals surface area contributed by atoms with E-state index in [9.17, 15) is 0 Å². The zero-order chi connectivity index (χ0) is 29.6. The number of hydrogen-bond acceptors (Lipinski definition) is 4. The van der Waals surface area contributed by atoms with Gasteiger partial charge >= 0.3 is 0 Å². The third kappa shape index (κ3) is 3.50. The summed E-state index contributed by atoms with van der Waals surface area (Å²) in [6, 6.07) is 43.4. The van der Waals surface area contributed by atoms with Crippen molar-refractivity contribution in [1.29, 1.82) is 0 Å². The Morgan fingerprint density at radius 1 is 0.636 bits per heavy atom. The van der Waals surface area contributed by atoms with Gasteiger partial charge in [0.15, 0.2) is 5.58 Å². The minimum atomic E-state index is -0.0816. The maximum absolute atomic E-state index is 6.77. The van der Waals surface area contributed by atoms with E-state index < -0.39 is 0 Å². The van der Waals surface area contributed by atoms with Crippen molar-refractivity contribution in [2.45, 2.75) is 26.2 Å². The van der Waals surface area contributed by atoms with E-state index in [2.05, 4.69) is 146 Å². The second-order valence-electron chi connectivity index (χ2n) is 12.8.